The fraction of sp³-hybridized carbons (Fsp3) is 0.571. The highest BCUT2D eigenvalue weighted by Crippen LogP contribution is 2.22. The number of carbonyl (C=O) groups is 6. The van der Waals surface area contributed by atoms with Crippen molar-refractivity contribution in [2.24, 2.45) is 11.5 Å². The standard InChI is InChI=1S/C42H65BN8O8/c1-4-6-11-29-15-17-30(18-16-29)31-19-21-32(22-20-31)38(53)46-26-23-37(52)48-35(13-9-25-45)42(57)51-27-10-14-36(51)41(56)49-33(5-2)39(54)50-34(12-7-8-24-44)40(55)47-28(3)43(58)59/h15-22,28,33-36,58-59H,4-14,23-27,44-45H2,1-3H3,(H,46,53)(H,47,55)(H,48,52)(H,49,56)(H,50,54)/t28-,33-,34-,35?,36-/m0/s1. The first-order valence-electron chi connectivity index (χ1n) is 21.1. The van der Waals surface area contributed by atoms with Crippen molar-refractivity contribution < 1.29 is 38.8 Å². The van der Waals surface area contributed by atoms with E-state index in [9.17, 15) is 38.8 Å². The molecular formula is C42H65BN8O8. The molecule has 1 unspecified atom stereocenters. The quantitative estimate of drug-likeness (QED) is 0.0508. The van der Waals surface area contributed by atoms with E-state index in [-0.39, 0.29) is 51.2 Å². The van der Waals surface area contributed by atoms with Crippen LogP contribution in [0.1, 0.15) is 107 Å². The van der Waals surface area contributed by atoms with Crippen LogP contribution in [0.5, 0.6) is 0 Å². The molecule has 1 fully saturated rings. The minimum atomic E-state index is -1.80. The van der Waals surface area contributed by atoms with Gasteiger partial charge in [-0.25, -0.2) is 0 Å². The molecule has 5 atom stereocenters. The van der Waals surface area contributed by atoms with Gasteiger partial charge in [0.2, 0.25) is 29.5 Å². The van der Waals surface area contributed by atoms with Gasteiger partial charge >= 0.3 is 7.12 Å². The van der Waals surface area contributed by atoms with E-state index in [0.717, 1.165) is 30.4 Å². The van der Waals surface area contributed by atoms with Gasteiger partial charge in [-0.05, 0) is 113 Å². The predicted octanol–water partition coefficient (Wildman–Crippen LogP) is 1.06. The molecule has 1 saturated heterocycles. The van der Waals surface area contributed by atoms with E-state index >= 15 is 0 Å². The first-order valence-corrected chi connectivity index (χ1v) is 21.1. The molecule has 0 aromatic heterocycles. The highest BCUT2D eigenvalue weighted by Gasteiger charge is 2.39. The van der Waals surface area contributed by atoms with Crippen molar-refractivity contribution in [1.82, 2.24) is 31.5 Å². The summed E-state index contributed by atoms with van der Waals surface area (Å²) in [6, 6.07) is 11.8. The number of hydrogen-bond donors (Lipinski definition) is 9. The Morgan fingerprint density at radius 3 is 2.02 bits per heavy atom. The lowest BCUT2D eigenvalue weighted by molar-refractivity contribution is -0.142. The van der Waals surface area contributed by atoms with Crippen molar-refractivity contribution in [3.8, 4) is 11.1 Å². The van der Waals surface area contributed by atoms with Gasteiger partial charge in [-0.2, -0.15) is 0 Å². The summed E-state index contributed by atoms with van der Waals surface area (Å²) in [6.07, 6.45) is 6.35. The normalized spacial score (nSPS) is 15.6. The topological polar surface area (TPSA) is 258 Å². The van der Waals surface area contributed by atoms with Gasteiger partial charge in [0.05, 0.1) is 5.94 Å². The van der Waals surface area contributed by atoms with Crippen molar-refractivity contribution in [2.75, 3.05) is 26.2 Å². The van der Waals surface area contributed by atoms with E-state index in [2.05, 4.69) is 57.8 Å². The highest BCUT2D eigenvalue weighted by molar-refractivity contribution is 6.43. The fourth-order valence-electron chi connectivity index (χ4n) is 6.85. The van der Waals surface area contributed by atoms with Crippen LogP contribution in [-0.2, 0) is 30.4 Å². The second-order valence-corrected chi connectivity index (χ2v) is 15.2. The molecule has 324 valence electrons. The number of amides is 6. The molecule has 1 heterocycles. The number of rotatable bonds is 25. The molecule has 0 saturated carbocycles. The summed E-state index contributed by atoms with van der Waals surface area (Å²) in [5.41, 5.74) is 15.1. The van der Waals surface area contributed by atoms with Crippen LogP contribution in [0, 0.1) is 0 Å². The smallest absolute Gasteiger partial charge is 0.426 e. The lowest BCUT2D eigenvalue weighted by atomic mass is 9.81. The van der Waals surface area contributed by atoms with E-state index in [1.54, 1.807) is 19.1 Å². The molecule has 59 heavy (non-hydrogen) atoms. The van der Waals surface area contributed by atoms with Crippen molar-refractivity contribution in [2.45, 2.75) is 128 Å². The molecule has 1 aliphatic rings. The Hall–Kier alpha value is -4.84. The van der Waals surface area contributed by atoms with Crippen LogP contribution >= 0.6 is 0 Å². The molecule has 0 spiro atoms. The first kappa shape index (κ1) is 48.5. The SMILES string of the molecule is CCCCc1ccc(-c2ccc(C(=O)NCCC(=O)NC(CCCN)C(=O)N3CCC[C@H]3C(=O)N[C@@H](CC)C(=O)N[C@@H](CCCCN)C(=O)N[C@@H](C)B(O)O)cc2)cc1. The van der Waals surface area contributed by atoms with E-state index in [1.165, 1.54) is 17.4 Å². The predicted molar refractivity (Wildman–Crippen MR) is 227 cm³/mol. The number of nitrogens with two attached hydrogens (primary N) is 2. The third-order valence-corrected chi connectivity index (χ3v) is 10.5. The number of hydrogen-bond acceptors (Lipinski definition) is 10. The average molecular weight is 821 g/mol. The summed E-state index contributed by atoms with van der Waals surface area (Å²) in [4.78, 5) is 81.2. The number of unbranched alkanes of at least 4 members (excludes halogenated alkanes) is 2. The van der Waals surface area contributed by atoms with Gasteiger partial charge in [0, 0.05) is 25.1 Å². The largest absolute Gasteiger partial charge is 0.475 e. The van der Waals surface area contributed by atoms with Crippen LogP contribution in [0.3, 0.4) is 0 Å². The van der Waals surface area contributed by atoms with E-state index < -0.39 is 66.8 Å². The maximum Gasteiger partial charge on any atom is 0.475 e. The minimum absolute atomic E-state index is 0.0383. The number of carbonyl (C=O) groups excluding carboxylic acids is 6. The monoisotopic (exact) mass is 821 g/mol. The second-order valence-electron chi connectivity index (χ2n) is 15.2. The zero-order valence-corrected chi connectivity index (χ0v) is 34.8. The van der Waals surface area contributed by atoms with E-state index in [4.69, 9.17) is 11.5 Å². The van der Waals surface area contributed by atoms with Gasteiger partial charge in [-0.15, -0.1) is 0 Å². The summed E-state index contributed by atoms with van der Waals surface area (Å²) in [5.74, 6) is -3.97. The Balaban J connectivity index is 1.56. The molecule has 6 amide bonds. The second kappa shape index (κ2) is 25.6. The molecule has 1 aliphatic heterocycles. The summed E-state index contributed by atoms with van der Waals surface area (Å²) in [5, 5.41) is 32.3. The van der Waals surface area contributed by atoms with Crippen molar-refractivity contribution in [1.29, 1.82) is 0 Å². The zero-order chi connectivity index (χ0) is 43.3. The first-order chi connectivity index (χ1) is 28.3. The third-order valence-electron chi connectivity index (χ3n) is 10.5. The minimum Gasteiger partial charge on any atom is -0.426 e. The van der Waals surface area contributed by atoms with Gasteiger partial charge in [0.1, 0.15) is 24.2 Å². The number of likely N-dealkylation sites (tertiary alicyclic amines) is 1. The van der Waals surface area contributed by atoms with Crippen LogP contribution in [0.4, 0.5) is 0 Å². The number of benzene rings is 2. The summed E-state index contributed by atoms with van der Waals surface area (Å²) >= 11 is 0. The summed E-state index contributed by atoms with van der Waals surface area (Å²) < 4.78 is 0. The average Bonchev–Trinajstić information content (AvgIpc) is 3.73. The van der Waals surface area contributed by atoms with Crippen molar-refractivity contribution in [3.63, 3.8) is 0 Å². The highest BCUT2D eigenvalue weighted by atomic mass is 16.4. The Bertz CT molecular complexity index is 1660. The van der Waals surface area contributed by atoms with Crippen LogP contribution in [0.2, 0.25) is 0 Å². The molecule has 16 nitrogen and oxygen atoms in total. The lowest BCUT2D eigenvalue weighted by Gasteiger charge is -2.30. The molecule has 0 radical (unpaired) electrons. The number of nitrogens with zero attached hydrogens (tertiary/aromatic N) is 1. The van der Waals surface area contributed by atoms with Crippen molar-refractivity contribution in [3.05, 3.63) is 59.7 Å². The Morgan fingerprint density at radius 1 is 0.780 bits per heavy atom. The van der Waals surface area contributed by atoms with Gasteiger partial charge in [0.25, 0.3) is 5.91 Å². The summed E-state index contributed by atoms with van der Waals surface area (Å²) in [7, 11) is -1.80. The molecule has 11 N–H and O–H groups in total. The molecule has 3 rings (SSSR count). The molecule has 17 heteroatoms. The van der Waals surface area contributed by atoms with Gasteiger partial charge in [0.15, 0.2) is 0 Å². The van der Waals surface area contributed by atoms with Crippen LogP contribution in [0.15, 0.2) is 48.5 Å². The Kier molecular flexibility index (Phi) is 21.1. The Morgan fingerprint density at radius 2 is 1.41 bits per heavy atom. The maximum atomic E-state index is 13.9. The van der Waals surface area contributed by atoms with Gasteiger partial charge < -0.3 is 53.0 Å². The van der Waals surface area contributed by atoms with Crippen LogP contribution in [-0.4, -0.2) is 114 Å². The third kappa shape index (κ3) is 15.7. The molecule has 0 bridgehead atoms. The number of nitrogens with one attached hydrogen (secondary N) is 5. The van der Waals surface area contributed by atoms with Crippen LogP contribution < -0.4 is 38.1 Å². The molecule has 0 aliphatic carbocycles. The molecule has 2 aromatic carbocycles. The van der Waals surface area contributed by atoms with E-state index in [0.29, 0.717) is 44.2 Å². The lowest BCUT2D eigenvalue weighted by Crippen LogP contribution is -2.58. The van der Waals surface area contributed by atoms with Crippen molar-refractivity contribution >= 4 is 42.6 Å². The van der Waals surface area contributed by atoms with E-state index in [1.807, 2.05) is 12.1 Å². The molecular weight excluding hydrogens is 755 g/mol. The maximum absolute atomic E-state index is 13.9. The van der Waals surface area contributed by atoms with Gasteiger partial charge in [-0.3, -0.25) is 28.8 Å². The Labute approximate surface area is 348 Å². The zero-order valence-electron chi connectivity index (χ0n) is 34.8. The fourth-order valence-corrected chi connectivity index (χ4v) is 6.85. The molecule has 2 aromatic rings. The summed E-state index contributed by atoms with van der Waals surface area (Å²) in [6.45, 7) is 6.25. The van der Waals surface area contributed by atoms with Crippen LogP contribution in [0.25, 0.3) is 11.1 Å². The number of aryl methyl sites for hydroxylation is 1. The van der Waals surface area contributed by atoms with Gasteiger partial charge in [-0.1, -0.05) is 56.7 Å².